The van der Waals surface area contributed by atoms with E-state index in [1.165, 1.54) is 22.9 Å². The number of carbonyl (C=O) groups excluding carboxylic acids is 1. The third-order valence-electron chi connectivity index (χ3n) is 4.61. The van der Waals surface area contributed by atoms with E-state index >= 15 is 0 Å². The molecule has 0 aliphatic rings. The van der Waals surface area contributed by atoms with Gasteiger partial charge in [-0.05, 0) is 38.5 Å². The monoisotopic (exact) mass is 365 g/mol. The Morgan fingerprint density at radius 1 is 1.15 bits per heavy atom. The van der Waals surface area contributed by atoms with Gasteiger partial charge in [-0.25, -0.2) is 4.68 Å². The van der Waals surface area contributed by atoms with E-state index in [4.69, 9.17) is 0 Å². The molecule has 0 bridgehead atoms. The van der Waals surface area contributed by atoms with Gasteiger partial charge in [0.15, 0.2) is 0 Å². The summed E-state index contributed by atoms with van der Waals surface area (Å²) in [5.74, 6) is -0.308. The van der Waals surface area contributed by atoms with Crippen molar-refractivity contribution in [3.8, 4) is 0 Å². The molecule has 0 spiro atoms. The number of nitro benzene ring substituents is 1. The molecular formula is C20H19N3O4. The molecule has 1 atom stereocenters. The third-order valence-corrected chi connectivity index (χ3v) is 4.61. The number of nitro groups is 1. The zero-order valence-electron chi connectivity index (χ0n) is 15.2. The largest absolute Gasteiger partial charge is 0.381 e. The third kappa shape index (κ3) is 3.24. The Morgan fingerprint density at radius 3 is 2.44 bits per heavy atom. The normalized spacial score (nSPS) is 13.2. The highest BCUT2D eigenvalue weighted by atomic mass is 16.6. The fourth-order valence-corrected chi connectivity index (χ4v) is 3.31. The van der Waals surface area contributed by atoms with Crippen LogP contribution >= 0.6 is 0 Å². The molecule has 27 heavy (non-hydrogen) atoms. The van der Waals surface area contributed by atoms with Crippen LogP contribution in [0, 0.1) is 24.0 Å². The maximum Gasteiger partial charge on any atom is 0.278 e. The molecular weight excluding hydrogens is 346 g/mol. The van der Waals surface area contributed by atoms with Crippen LogP contribution in [-0.4, -0.2) is 25.7 Å². The van der Waals surface area contributed by atoms with E-state index < -0.39 is 10.5 Å². The molecule has 0 saturated carbocycles. The van der Waals surface area contributed by atoms with E-state index in [0.29, 0.717) is 28.1 Å². The fraction of sp³-hybridized carbons (Fsp3) is 0.200. The summed E-state index contributed by atoms with van der Waals surface area (Å²) in [4.78, 5) is 23.3. The van der Waals surface area contributed by atoms with Gasteiger partial charge < -0.3 is 5.11 Å². The Morgan fingerprint density at radius 2 is 1.81 bits per heavy atom. The van der Waals surface area contributed by atoms with Gasteiger partial charge in [0.2, 0.25) is 0 Å². The topological polar surface area (TPSA) is 98.3 Å². The summed E-state index contributed by atoms with van der Waals surface area (Å²) >= 11 is 0. The number of non-ortho nitro benzene ring substituents is 1. The van der Waals surface area contributed by atoms with E-state index in [0.717, 1.165) is 0 Å². The molecule has 2 aromatic carbocycles. The van der Waals surface area contributed by atoms with Crippen LogP contribution in [0.1, 0.15) is 39.8 Å². The summed E-state index contributed by atoms with van der Waals surface area (Å²) < 4.78 is 1.26. The standard InChI is InChI=1S/C20H19N3O4/c1-13-18(20(3,25)16-10-7-11-17(12-16)23(26)27)14(2)22(21-13)19(24)15-8-5-4-6-9-15/h4-12,25H,1-3H3. The maximum absolute atomic E-state index is 12.8. The summed E-state index contributed by atoms with van der Waals surface area (Å²) in [6, 6.07) is 14.5. The Bertz CT molecular complexity index is 1020. The number of aromatic nitrogens is 2. The molecule has 3 aromatic rings. The number of aliphatic hydroxyl groups is 1. The number of carbonyl (C=O) groups is 1. The number of hydrogen-bond acceptors (Lipinski definition) is 5. The minimum Gasteiger partial charge on any atom is -0.381 e. The molecule has 1 N–H and O–H groups in total. The van der Waals surface area contributed by atoms with Crippen LogP contribution in [0.15, 0.2) is 54.6 Å². The van der Waals surface area contributed by atoms with Gasteiger partial charge in [0, 0.05) is 23.3 Å². The van der Waals surface area contributed by atoms with Crippen LogP contribution in [0.25, 0.3) is 0 Å². The number of hydrogen-bond donors (Lipinski definition) is 1. The van der Waals surface area contributed by atoms with Crippen LogP contribution in [0.5, 0.6) is 0 Å². The highest BCUT2D eigenvalue weighted by molar-refractivity contribution is 5.95. The summed E-state index contributed by atoms with van der Waals surface area (Å²) in [5.41, 5.74) is 0.587. The van der Waals surface area contributed by atoms with Crippen molar-refractivity contribution in [3.63, 3.8) is 0 Å². The second-order valence-electron chi connectivity index (χ2n) is 6.51. The van der Waals surface area contributed by atoms with Gasteiger partial charge in [0.1, 0.15) is 5.60 Å². The summed E-state index contributed by atoms with van der Waals surface area (Å²) in [5, 5.41) is 26.6. The van der Waals surface area contributed by atoms with Crippen LogP contribution in [0.4, 0.5) is 5.69 Å². The van der Waals surface area contributed by atoms with Crippen molar-refractivity contribution >= 4 is 11.6 Å². The van der Waals surface area contributed by atoms with Gasteiger partial charge in [-0.3, -0.25) is 14.9 Å². The predicted molar refractivity (Wildman–Crippen MR) is 99.6 cm³/mol. The number of nitrogens with zero attached hydrogens (tertiary/aromatic N) is 3. The number of aryl methyl sites for hydroxylation is 1. The first kappa shape index (κ1) is 18.5. The lowest BCUT2D eigenvalue weighted by molar-refractivity contribution is -0.385. The van der Waals surface area contributed by atoms with Gasteiger partial charge in [-0.2, -0.15) is 5.10 Å². The van der Waals surface area contributed by atoms with E-state index in [1.807, 2.05) is 6.07 Å². The first-order valence-electron chi connectivity index (χ1n) is 8.37. The van der Waals surface area contributed by atoms with Gasteiger partial charge >= 0.3 is 0 Å². The van der Waals surface area contributed by atoms with Crippen molar-refractivity contribution in [2.24, 2.45) is 0 Å². The van der Waals surface area contributed by atoms with E-state index in [9.17, 15) is 20.0 Å². The highest BCUT2D eigenvalue weighted by Gasteiger charge is 2.34. The van der Waals surface area contributed by atoms with Crippen molar-refractivity contribution in [2.45, 2.75) is 26.4 Å². The van der Waals surface area contributed by atoms with Crippen molar-refractivity contribution in [1.82, 2.24) is 9.78 Å². The molecule has 0 radical (unpaired) electrons. The average molecular weight is 365 g/mol. The van der Waals surface area contributed by atoms with Gasteiger partial charge in [0.25, 0.3) is 11.6 Å². The molecule has 0 aliphatic carbocycles. The first-order chi connectivity index (χ1) is 12.7. The lowest BCUT2D eigenvalue weighted by atomic mass is 9.86. The summed E-state index contributed by atoms with van der Waals surface area (Å²) in [6.45, 7) is 4.94. The van der Waals surface area contributed by atoms with E-state index in [2.05, 4.69) is 5.10 Å². The molecule has 0 amide bonds. The molecule has 7 heteroatoms. The van der Waals surface area contributed by atoms with Crippen molar-refractivity contribution in [3.05, 3.63) is 92.8 Å². The second kappa shape index (κ2) is 6.77. The van der Waals surface area contributed by atoms with Crippen LogP contribution in [-0.2, 0) is 5.60 Å². The van der Waals surface area contributed by atoms with Crippen molar-refractivity contribution < 1.29 is 14.8 Å². The first-order valence-corrected chi connectivity index (χ1v) is 8.37. The minimum absolute atomic E-state index is 0.115. The second-order valence-corrected chi connectivity index (χ2v) is 6.51. The molecule has 7 nitrogen and oxygen atoms in total. The lowest BCUT2D eigenvalue weighted by Gasteiger charge is -2.24. The maximum atomic E-state index is 12.8. The molecule has 1 unspecified atom stereocenters. The van der Waals surface area contributed by atoms with Crippen LogP contribution < -0.4 is 0 Å². The van der Waals surface area contributed by atoms with Gasteiger partial charge in [-0.1, -0.05) is 30.3 Å². The van der Waals surface area contributed by atoms with Crippen LogP contribution in [0.2, 0.25) is 0 Å². The highest BCUT2D eigenvalue weighted by Crippen LogP contribution is 2.35. The Labute approximate surface area is 156 Å². The fourth-order valence-electron chi connectivity index (χ4n) is 3.31. The van der Waals surface area contributed by atoms with Crippen molar-refractivity contribution in [2.75, 3.05) is 0 Å². The van der Waals surface area contributed by atoms with Gasteiger partial charge in [-0.15, -0.1) is 0 Å². The minimum atomic E-state index is -1.55. The predicted octanol–water partition coefficient (Wildman–Crippen LogP) is 3.35. The van der Waals surface area contributed by atoms with Crippen molar-refractivity contribution in [1.29, 1.82) is 0 Å². The van der Waals surface area contributed by atoms with Gasteiger partial charge in [0.05, 0.1) is 16.3 Å². The average Bonchev–Trinajstić information content (AvgIpc) is 2.96. The van der Waals surface area contributed by atoms with E-state index in [-0.39, 0.29) is 11.6 Å². The Kier molecular flexibility index (Phi) is 4.63. The molecule has 1 heterocycles. The zero-order chi connectivity index (χ0) is 19.8. The Hall–Kier alpha value is -3.32. The van der Waals surface area contributed by atoms with Crippen LogP contribution in [0.3, 0.4) is 0 Å². The van der Waals surface area contributed by atoms with E-state index in [1.54, 1.807) is 51.1 Å². The number of benzene rings is 2. The quantitative estimate of drug-likeness (QED) is 0.565. The molecule has 1 aromatic heterocycles. The summed E-state index contributed by atoms with van der Waals surface area (Å²) in [6.07, 6.45) is 0. The zero-order valence-corrected chi connectivity index (χ0v) is 15.2. The molecule has 3 rings (SSSR count). The molecule has 0 aliphatic heterocycles. The Balaban J connectivity index is 2.10. The lowest BCUT2D eigenvalue weighted by Crippen LogP contribution is -2.25. The molecule has 138 valence electrons. The number of rotatable bonds is 4. The smallest absolute Gasteiger partial charge is 0.278 e. The molecule has 0 fully saturated rings. The summed E-state index contributed by atoms with van der Waals surface area (Å²) in [7, 11) is 0. The molecule has 0 saturated heterocycles. The SMILES string of the molecule is Cc1nn(C(=O)c2ccccc2)c(C)c1C(C)(O)c1cccc([N+](=O)[O-])c1.